The van der Waals surface area contributed by atoms with Crippen molar-refractivity contribution in [2.24, 2.45) is 0 Å². The smallest absolute Gasteiger partial charge is 0.361 e. The zero-order valence-corrected chi connectivity index (χ0v) is 12.6. The molecule has 0 atom stereocenters. The summed E-state index contributed by atoms with van der Waals surface area (Å²) in [6, 6.07) is 4.14. The Bertz CT molecular complexity index is 603. The third-order valence-electron chi connectivity index (χ3n) is 3.45. The third kappa shape index (κ3) is 2.84. The predicted octanol–water partition coefficient (Wildman–Crippen LogP) is 2.53. The lowest BCUT2D eigenvalue weighted by atomic mass is 10.1. The van der Waals surface area contributed by atoms with Gasteiger partial charge in [0.25, 0.3) is 0 Å². The first-order valence-corrected chi connectivity index (χ1v) is 7.93. The second-order valence-electron chi connectivity index (χ2n) is 4.77. The van der Waals surface area contributed by atoms with E-state index in [2.05, 4.69) is 10.3 Å². The highest BCUT2D eigenvalue weighted by molar-refractivity contribution is 7.13. The monoisotopic (exact) mass is 307 g/mol. The van der Waals surface area contributed by atoms with Crippen LogP contribution >= 0.6 is 11.3 Å². The van der Waals surface area contributed by atoms with Gasteiger partial charge in [0.15, 0.2) is 5.69 Å². The molecule has 0 aliphatic carbocycles. The van der Waals surface area contributed by atoms with Gasteiger partial charge in [-0.15, -0.1) is 16.4 Å². The van der Waals surface area contributed by atoms with Crippen LogP contribution in [0.3, 0.4) is 0 Å². The normalized spacial score (nSPS) is 16.0. The van der Waals surface area contributed by atoms with Crippen LogP contribution in [-0.2, 0) is 9.47 Å². The molecule has 3 heterocycles. The van der Waals surface area contributed by atoms with E-state index in [4.69, 9.17) is 9.47 Å². The van der Waals surface area contributed by atoms with Crippen LogP contribution in [0.15, 0.2) is 17.5 Å². The van der Waals surface area contributed by atoms with Gasteiger partial charge < -0.3 is 9.47 Å². The number of rotatable bonds is 4. The van der Waals surface area contributed by atoms with Crippen molar-refractivity contribution in [3.05, 3.63) is 23.2 Å². The Balaban J connectivity index is 2.02. The predicted molar refractivity (Wildman–Crippen MR) is 78.4 cm³/mol. The lowest BCUT2D eigenvalue weighted by molar-refractivity contribution is 0.0520. The van der Waals surface area contributed by atoms with Gasteiger partial charge in [0.1, 0.15) is 5.69 Å². The number of hydrogen-bond donors (Lipinski definition) is 0. The summed E-state index contributed by atoms with van der Waals surface area (Å²) in [5.41, 5.74) is 1.06. The van der Waals surface area contributed by atoms with Crippen LogP contribution in [0.5, 0.6) is 0 Å². The first kappa shape index (κ1) is 14.2. The molecule has 0 N–H and O–H groups in total. The molecule has 1 fully saturated rings. The average Bonchev–Trinajstić information content (AvgIpc) is 3.17. The van der Waals surface area contributed by atoms with Crippen molar-refractivity contribution in [1.82, 2.24) is 15.0 Å². The maximum Gasteiger partial charge on any atom is 0.361 e. The molecule has 21 heavy (non-hydrogen) atoms. The Morgan fingerprint density at radius 3 is 3.00 bits per heavy atom. The molecule has 3 rings (SSSR count). The van der Waals surface area contributed by atoms with Gasteiger partial charge in [-0.05, 0) is 31.2 Å². The number of ether oxygens (including phenoxy) is 2. The lowest BCUT2D eigenvalue weighted by Crippen LogP contribution is -2.21. The first-order chi connectivity index (χ1) is 10.3. The van der Waals surface area contributed by atoms with Crippen LogP contribution in [0.25, 0.3) is 10.6 Å². The fourth-order valence-corrected chi connectivity index (χ4v) is 3.22. The molecule has 2 aromatic heterocycles. The van der Waals surface area contributed by atoms with E-state index in [0.29, 0.717) is 25.5 Å². The molecule has 0 radical (unpaired) electrons. The van der Waals surface area contributed by atoms with Gasteiger partial charge in [-0.1, -0.05) is 11.3 Å². The van der Waals surface area contributed by atoms with Crippen molar-refractivity contribution < 1.29 is 14.3 Å². The van der Waals surface area contributed by atoms with Crippen LogP contribution < -0.4 is 0 Å². The van der Waals surface area contributed by atoms with Gasteiger partial charge in [0, 0.05) is 13.2 Å². The molecular weight excluding hydrogens is 290 g/mol. The molecule has 0 aromatic carbocycles. The molecule has 112 valence electrons. The first-order valence-electron chi connectivity index (χ1n) is 7.05. The summed E-state index contributed by atoms with van der Waals surface area (Å²) < 4.78 is 12.3. The zero-order valence-electron chi connectivity index (χ0n) is 11.8. The van der Waals surface area contributed by atoms with E-state index < -0.39 is 5.97 Å². The second-order valence-corrected chi connectivity index (χ2v) is 5.72. The van der Waals surface area contributed by atoms with E-state index in [9.17, 15) is 4.79 Å². The van der Waals surface area contributed by atoms with Crippen molar-refractivity contribution in [2.75, 3.05) is 19.8 Å². The molecule has 2 aromatic rings. The molecule has 6 nitrogen and oxygen atoms in total. The molecule has 1 saturated heterocycles. The van der Waals surface area contributed by atoms with Crippen molar-refractivity contribution in [2.45, 2.75) is 25.8 Å². The number of hydrogen-bond acceptors (Lipinski definition) is 6. The number of nitrogens with zero attached hydrogens (tertiary/aromatic N) is 3. The number of carbonyl (C=O) groups excluding carboxylic acids is 1. The summed E-state index contributed by atoms with van der Waals surface area (Å²) >= 11 is 1.57. The van der Waals surface area contributed by atoms with Crippen molar-refractivity contribution in [3.8, 4) is 10.6 Å². The Labute approximate surface area is 126 Å². The summed E-state index contributed by atoms with van der Waals surface area (Å²) in [4.78, 5) is 13.1. The molecule has 0 amide bonds. The van der Waals surface area contributed by atoms with Gasteiger partial charge >= 0.3 is 5.97 Å². The second kappa shape index (κ2) is 6.36. The van der Waals surface area contributed by atoms with E-state index in [0.717, 1.165) is 23.4 Å². The summed E-state index contributed by atoms with van der Waals surface area (Å²) in [7, 11) is 0. The number of esters is 1. The zero-order chi connectivity index (χ0) is 14.7. The van der Waals surface area contributed by atoms with Crippen LogP contribution in [0, 0.1) is 0 Å². The van der Waals surface area contributed by atoms with E-state index in [1.165, 1.54) is 0 Å². The summed E-state index contributed by atoms with van der Waals surface area (Å²) in [6.45, 7) is 3.53. The molecule has 0 spiro atoms. The quantitative estimate of drug-likeness (QED) is 0.812. The SMILES string of the molecule is CCOC(=O)c1nnn(C2CCOCC2)c1-c1cccs1. The number of aromatic nitrogens is 3. The van der Waals surface area contributed by atoms with Crippen LogP contribution in [0.1, 0.15) is 36.3 Å². The fraction of sp³-hybridized carbons (Fsp3) is 0.500. The molecule has 0 unspecified atom stereocenters. The van der Waals surface area contributed by atoms with Crippen LogP contribution in [-0.4, -0.2) is 40.8 Å². The van der Waals surface area contributed by atoms with E-state index in [-0.39, 0.29) is 6.04 Å². The van der Waals surface area contributed by atoms with Gasteiger partial charge in [0.2, 0.25) is 0 Å². The van der Waals surface area contributed by atoms with Gasteiger partial charge in [-0.2, -0.15) is 0 Å². The van der Waals surface area contributed by atoms with E-state index >= 15 is 0 Å². The van der Waals surface area contributed by atoms with Crippen molar-refractivity contribution >= 4 is 17.3 Å². The largest absolute Gasteiger partial charge is 0.461 e. The summed E-state index contributed by atoms with van der Waals surface area (Å²) in [5.74, 6) is -0.417. The minimum Gasteiger partial charge on any atom is -0.461 e. The van der Waals surface area contributed by atoms with Gasteiger partial charge in [-0.3, -0.25) is 0 Å². The van der Waals surface area contributed by atoms with Gasteiger partial charge in [0.05, 0.1) is 17.5 Å². The standard InChI is InChI=1S/C14H17N3O3S/c1-2-20-14(18)12-13(11-4-3-9-21-11)17(16-15-12)10-5-7-19-8-6-10/h3-4,9-10H,2,5-8H2,1H3. The fourth-order valence-electron chi connectivity index (χ4n) is 2.46. The topological polar surface area (TPSA) is 66.2 Å². The summed E-state index contributed by atoms with van der Waals surface area (Å²) in [6.07, 6.45) is 1.76. The van der Waals surface area contributed by atoms with Crippen LogP contribution in [0.2, 0.25) is 0 Å². The summed E-state index contributed by atoms with van der Waals surface area (Å²) in [5, 5.41) is 10.3. The highest BCUT2D eigenvalue weighted by Crippen LogP contribution is 2.32. The molecular formula is C14H17N3O3S. The maximum absolute atomic E-state index is 12.1. The third-order valence-corrected chi connectivity index (χ3v) is 4.33. The molecule has 7 heteroatoms. The van der Waals surface area contributed by atoms with Crippen molar-refractivity contribution in [3.63, 3.8) is 0 Å². The van der Waals surface area contributed by atoms with Crippen LogP contribution in [0.4, 0.5) is 0 Å². The number of thiophene rings is 1. The van der Waals surface area contributed by atoms with E-state index in [1.807, 2.05) is 22.2 Å². The maximum atomic E-state index is 12.1. The van der Waals surface area contributed by atoms with Crippen molar-refractivity contribution in [1.29, 1.82) is 0 Å². The highest BCUT2D eigenvalue weighted by atomic mass is 32.1. The number of carbonyl (C=O) groups is 1. The van der Waals surface area contributed by atoms with Gasteiger partial charge in [-0.25, -0.2) is 9.48 Å². The minimum absolute atomic E-state index is 0.214. The molecule has 1 aliphatic rings. The Kier molecular flexibility index (Phi) is 4.31. The molecule has 0 bridgehead atoms. The highest BCUT2D eigenvalue weighted by Gasteiger charge is 2.27. The Hall–Kier alpha value is -1.73. The van der Waals surface area contributed by atoms with E-state index in [1.54, 1.807) is 18.3 Å². The minimum atomic E-state index is -0.417. The molecule has 0 saturated carbocycles. The Morgan fingerprint density at radius 1 is 1.52 bits per heavy atom. The lowest BCUT2D eigenvalue weighted by Gasteiger charge is -2.23. The Morgan fingerprint density at radius 2 is 2.33 bits per heavy atom. The molecule has 1 aliphatic heterocycles. The average molecular weight is 307 g/mol.